The molecule has 10 heteroatoms. The van der Waals surface area contributed by atoms with E-state index in [4.69, 9.17) is 14.9 Å². The van der Waals surface area contributed by atoms with Crippen molar-refractivity contribution < 1.29 is 30.3 Å². The first kappa shape index (κ1) is 15.8. The summed E-state index contributed by atoms with van der Waals surface area (Å²) in [4.78, 5) is 26.0. The first-order valence-corrected chi connectivity index (χ1v) is 6.16. The summed E-state index contributed by atoms with van der Waals surface area (Å²) in [5.74, 6) is 0. The van der Waals surface area contributed by atoms with Crippen LogP contribution in [0, 0.1) is 0 Å². The van der Waals surface area contributed by atoms with E-state index in [0.29, 0.717) is 4.57 Å². The van der Waals surface area contributed by atoms with Crippen LogP contribution < -0.4 is 11.2 Å². The second-order valence-corrected chi connectivity index (χ2v) is 4.67. The molecule has 1 aliphatic heterocycles. The third-order valence-electron chi connectivity index (χ3n) is 3.37. The minimum absolute atomic E-state index is 0.147. The van der Waals surface area contributed by atoms with Crippen molar-refractivity contribution in [1.82, 2.24) is 9.55 Å². The molecule has 21 heavy (non-hydrogen) atoms. The summed E-state index contributed by atoms with van der Waals surface area (Å²) >= 11 is 0. The van der Waals surface area contributed by atoms with Crippen molar-refractivity contribution in [3.8, 4) is 0 Å². The Morgan fingerprint density at radius 1 is 1.14 bits per heavy atom. The van der Waals surface area contributed by atoms with E-state index >= 15 is 0 Å². The molecule has 1 aromatic heterocycles. The number of aromatic nitrogens is 2. The third-order valence-corrected chi connectivity index (χ3v) is 3.37. The molecule has 1 aromatic rings. The van der Waals surface area contributed by atoms with Gasteiger partial charge in [-0.25, -0.2) is 9.36 Å². The standard InChI is InChI=1S/C11H16N2O8/c14-2-4-1-12-11(20)13(9(4)19)10-8(18)7(17)6(16)5(3-15)21-10/h1,5-8,10,14-18H,2-3H2,(H,12,20)/t5-,6-,7+,8-,10?/m1/s1. The zero-order valence-corrected chi connectivity index (χ0v) is 10.8. The van der Waals surface area contributed by atoms with Gasteiger partial charge in [-0.1, -0.05) is 0 Å². The van der Waals surface area contributed by atoms with E-state index in [1.807, 2.05) is 0 Å². The summed E-state index contributed by atoms with van der Waals surface area (Å²) in [7, 11) is 0. The number of hydrogen-bond donors (Lipinski definition) is 6. The van der Waals surface area contributed by atoms with Gasteiger partial charge >= 0.3 is 5.69 Å². The van der Waals surface area contributed by atoms with Crippen molar-refractivity contribution in [3.63, 3.8) is 0 Å². The number of aliphatic hydroxyl groups excluding tert-OH is 5. The zero-order chi connectivity index (χ0) is 15.7. The molecule has 0 spiro atoms. The van der Waals surface area contributed by atoms with Crippen molar-refractivity contribution in [2.75, 3.05) is 6.61 Å². The predicted molar refractivity (Wildman–Crippen MR) is 66.3 cm³/mol. The average Bonchev–Trinajstić information content (AvgIpc) is 2.47. The minimum Gasteiger partial charge on any atom is -0.394 e. The molecule has 0 aliphatic carbocycles. The number of nitrogens with one attached hydrogen (secondary N) is 1. The number of rotatable bonds is 3. The molecule has 10 nitrogen and oxygen atoms in total. The van der Waals surface area contributed by atoms with Crippen LogP contribution in [0.25, 0.3) is 0 Å². The first-order chi connectivity index (χ1) is 9.92. The van der Waals surface area contributed by atoms with Gasteiger partial charge in [-0.3, -0.25) is 4.79 Å². The Balaban J connectivity index is 2.50. The number of H-pyrrole nitrogens is 1. The molecule has 2 rings (SSSR count). The predicted octanol–water partition coefficient (Wildman–Crippen LogP) is -4.00. The monoisotopic (exact) mass is 304 g/mol. The van der Waals surface area contributed by atoms with Gasteiger partial charge < -0.3 is 35.3 Å². The van der Waals surface area contributed by atoms with E-state index in [0.717, 1.165) is 6.20 Å². The summed E-state index contributed by atoms with van der Waals surface area (Å²) in [6, 6.07) is 0. The smallest absolute Gasteiger partial charge is 0.330 e. The molecule has 1 fully saturated rings. The quantitative estimate of drug-likeness (QED) is 0.329. The van der Waals surface area contributed by atoms with Crippen LogP contribution in [-0.4, -0.2) is 66.1 Å². The molecule has 0 radical (unpaired) electrons. The summed E-state index contributed by atoms with van der Waals surface area (Å²) in [5, 5.41) is 47.3. The van der Waals surface area contributed by atoms with Crippen LogP contribution >= 0.6 is 0 Å². The lowest BCUT2D eigenvalue weighted by Gasteiger charge is -2.40. The second kappa shape index (κ2) is 6.05. The van der Waals surface area contributed by atoms with E-state index in [-0.39, 0.29) is 5.56 Å². The fourth-order valence-corrected chi connectivity index (χ4v) is 2.17. The maximum absolute atomic E-state index is 12.0. The molecule has 0 bridgehead atoms. The highest BCUT2D eigenvalue weighted by molar-refractivity contribution is 5.04. The van der Waals surface area contributed by atoms with Crippen LogP contribution in [0.1, 0.15) is 11.8 Å². The van der Waals surface area contributed by atoms with Gasteiger partial charge in [0.2, 0.25) is 0 Å². The molecule has 0 amide bonds. The van der Waals surface area contributed by atoms with Gasteiger partial charge in [-0.2, -0.15) is 0 Å². The Morgan fingerprint density at radius 2 is 1.81 bits per heavy atom. The first-order valence-electron chi connectivity index (χ1n) is 6.16. The molecule has 1 aliphatic rings. The largest absolute Gasteiger partial charge is 0.394 e. The lowest BCUT2D eigenvalue weighted by molar-refractivity contribution is -0.252. The van der Waals surface area contributed by atoms with E-state index < -0.39 is 55.1 Å². The van der Waals surface area contributed by atoms with Crippen LogP contribution in [0.3, 0.4) is 0 Å². The highest BCUT2D eigenvalue weighted by Crippen LogP contribution is 2.26. The Kier molecular flexibility index (Phi) is 4.56. The highest BCUT2D eigenvalue weighted by atomic mass is 16.6. The molecule has 2 heterocycles. The van der Waals surface area contributed by atoms with Crippen molar-refractivity contribution in [1.29, 1.82) is 0 Å². The molecular formula is C11H16N2O8. The van der Waals surface area contributed by atoms with Crippen LogP contribution in [0.15, 0.2) is 15.8 Å². The van der Waals surface area contributed by atoms with Gasteiger partial charge in [-0.05, 0) is 0 Å². The molecule has 5 atom stereocenters. The fraction of sp³-hybridized carbons (Fsp3) is 0.636. The number of nitrogens with zero attached hydrogens (tertiary/aromatic N) is 1. The Bertz CT molecular complexity index is 609. The number of ether oxygens (including phenoxy) is 1. The van der Waals surface area contributed by atoms with Crippen molar-refractivity contribution in [2.24, 2.45) is 0 Å². The van der Waals surface area contributed by atoms with Gasteiger partial charge in [0.25, 0.3) is 5.56 Å². The number of hydrogen-bond acceptors (Lipinski definition) is 8. The van der Waals surface area contributed by atoms with Gasteiger partial charge in [-0.15, -0.1) is 0 Å². The minimum atomic E-state index is -1.77. The van der Waals surface area contributed by atoms with Crippen molar-refractivity contribution in [2.45, 2.75) is 37.3 Å². The lowest BCUT2D eigenvalue weighted by atomic mass is 9.98. The molecule has 1 unspecified atom stereocenters. The lowest BCUT2D eigenvalue weighted by Crippen LogP contribution is -2.59. The Hall–Kier alpha value is -1.56. The molecule has 118 valence electrons. The topological polar surface area (TPSA) is 165 Å². The summed E-state index contributed by atoms with van der Waals surface area (Å²) in [6.45, 7) is -1.33. The molecule has 6 N–H and O–H groups in total. The molecular weight excluding hydrogens is 288 g/mol. The van der Waals surface area contributed by atoms with Crippen LogP contribution in [0.5, 0.6) is 0 Å². The summed E-state index contributed by atoms with van der Waals surface area (Å²) in [6.07, 6.45) is -6.93. The van der Waals surface area contributed by atoms with E-state index in [2.05, 4.69) is 4.98 Å². The Labute approximate surface area is 117 Å². The molecule has 0 saturated carbocycles. The fourth-order valence-electron chi connectivity index (χ4n) is 2.17. The summed E-state index contributed by atoms with van der Waals surface area (Å²) < 4.78 is 5.61. The number of aromatic amines is 1. The van der Waals surface area contributed by atoms with Crippen LogP contribution in [-0.2, 0) is 11.3 Å². The van der Waals surface area contributed by atoms with Gasteiger partial charge in [0.05, 0.1) is 18.8 Å². The SMILES string of the molecule is O=c1[nH]cc(CO)c(=O)n1C1O[C@H](CO)[C@@H](O)[C@H](O)[C@H]1O. The zero-order valence-electron chi connectivity index (χ0n) is 10.8. The van der Waals surface area contributed by atoms with Crippen LogP contribution in [0.4, 0.5) is 0 Å². The molecule has 0 aromatic carbocycles. The van der Waals surface area contributed by atoms with E-state index in [9.17, 15) is 24.9 Å². The second-order valence-electron chi connectivity index (χ2n) is 4.67. The van der Waals surface area contributed by atoms with Crippen LogP contribution in [0.2, 0.25) is 0 Å². The molecule has 1 saturated heterocycles. The van der Waals surface area contributed by atoms with Gasteiger partial charge in [0.1, 0.15) is 24.4 Å². The van der Waals surface area contributed by atoms with Crippen molar-refractivity contribution in [3.05, 3.63) is 32.6 Å². The number of aliphatic hydroxyl groups is 5. The maximum Gasteiger partial charge on any atom is 0.330 e. The maximum atomic E-state index is 12.0. The average molecular weight is 304 g/mol. The summed E-state index contributed by atoms with van der Waals surface area (Å²) in [5.41, 5.74) is -1.99. The van der Waals surface area contributed by atoms with Gasteiger partial charge in [0.15, 0.2) is 6.23 Å². The van der Waals surface area contributed by atoms with Gasteiger partial charge in [0, 0.05) is 6.20 Å². The van der Waals surface area contributed by atoms with E-state index in [1.165, 1.54) is 0 Å². The van der Waals surface area contributed by atoms with Crippen molar-refractivity contribution >= 4 is 0 Å². The Morgan fingerprint density at radius 3 is 2.38 bits per heavy atom. The normalized spacial score (nSPS) is 33.1. The highest BCUT2D eigenvalue weighted by Gasteiger charge is 2.45. The third kappa shape index (κ3) is 2.64. The van der Waals surface area contributed by atoms with E-state index in [1.54, 1.807) is 0 Å².